The second kappa shape index (κ2) is 5.07. The number of hydrogen-bond donors (Lipinski definition) is 1. The highest BCUT2D eigenvalue weighted by Gasteiger charge is 2.13. The third kappa shape index (κ3) is 2.88. The van der Waals surface area contributed by atoms with Crippen molar-refractivity contribution >= 4 is 27.0 Å². The number of pyridine rings is 1. The van der Waals surface area contributed by atoms with Gasteiger partial charge in [0.15, 0.2) is 9.84 Å². The zero-order valence-corrected chi connectivity index (χ0v) is 11.8. The van der Waals surface area contributed by atoms with Crippen LogP contribution in [0.4, 0.5) is 5.82 Å². The predicted octanol–water partition coefficient (Wildman–Crippen LogP) is 2.47. The second-order valence-electron chi connectivity index (χ2n) is 4.00. The Morgan fingerprint density at radius 1 is 1.39 bits per heavy atom. The Kier molecular flexibility index (Phi) is 3.68. The van der Waals surface area contributed by atoms with E-state index in [0.717, 1.165) is 0 Å². The van der Waals surface area contributed by atoms with Gasteiger partial charge in [-0.3, -0.25) is 0 Å². The average Bonchev–Trinajstić information content (AvgIpc) is 2.71. The van der Waals surface area contributed by atoms with E-state index in [2.05, 4.69) is 10.3 Å². The summed E-state index contributed by atoms with van der Waals surface area (Å²) in [5, 5.41) is 5.10. The van der Waals surface area contributed by atoms with Crippen LogP contribution in [0, 0.1) is 6.92 Å². The first-order chi connectivity index (χ1) is 8.48. The Morgan fingerprint density at radius 2 is 2.17 bits per heavy atom. The van der Waals surface area contributed by atoms with Crippen LogP contribution in [0.2, 0.25) is 0 Å². The van der Waals surface area contributed by atoms with Crippen LogP contribution in [-0.2, 0) is 16.4 Å². The first kappa shape index (κ1) is 13.0. The topological polar surface area (TPSA) is 59.1 Å². The van der Waals surface area contributed by atoms with Crippen molar-refractivity contribution in [3.8, 4) is 0 Å². The minimum Gasteiger partial charge on any atom is -0.364 e. The van der Waals surface area contributed by atoms with Gasteiger partial charge in [0.25, 0.3) is 0 Å². The Morgan fingerprint density at radius 3 is 2.78 bits per heavy atom. The normalized spacial score (nSPS) is 11.4. The van der Waals surface area contributed by atoms with Crippen LogP contribution in [0.25, 0.3) is 0 Å². The summed E-state index contributed by atoms with van der Waals surface area (Å²) in [5.74, 6) is 0.410. The van der Waals surface area contributed by atoms with Crippen molar-refractivity contribution in [2.45, 2.75) is 18.4 Å². The van der Waals surface area contributed by atoms with Gasteiger partial charge in [-0.15, -0.1) is 11.3 Å². The molecule has 6 heteroatoms. The van der Waals surface area contributed by atoms with E-state index in [1.165, 1.54) is 16.7 Å². The number of nitrogens with one attached hydrogen (secondary N) is 1. The molecule has 0 saturated carbocycles. The number of aromatic nitrogens is 1. The number of thiophene rings is 1. The van der Waals surface area contributed by atoms with Crippen LogP contribution < -0.4 is 5.32 Å². The van der Waals surface area contributed by atoms with Gasteiger partial charge in [0, 0.05) is 17.3 Å². The maximum Gasteiger partial charge on any atom is 0.179 e. The molecule has 4 nitrogen and oxygen atoms in total. The van der Waals surface area contributed by atoms with Crippen LogP contribution >= 0.6 is 11.3 Å². The van der Waals surface area contributed by atoms with Crippen molar-refractivity contribution in [1.82, 2.24) is 4.98 Å². The van der Waals surface area contributed by atoms with E-state index in [-0.39, 0.29) is 4.90 Å². The zero-order chi connectivity index (χ0) is 13.2. The van der Waals surface area contributed by atoms with Crippen LogP contribution in [0.5, 0.6) is 0 Å². The number of nitrogens with zero attached hydrogens (tertiary/aromatic N) is 1. The molecular formula is C12H14N2O2S2. The van der Waals surface area contributed by atoms with Crippen molar-refractivity contribution < 1.29 is 8.42 Å². The number of sulfone groups is 1. The quantitative estimate of drug-likeness (QED) is 0.936. The van der Waals surface area contributed by atoms with Crippen LogP contribution in [0.1, 0.15) is 10.4 Å². The maximum absolute atomic E-state index is 11.6. The van der Waals surface area contributed by atoms with Crippen molar-refractivity contribution in [2.24, 2.45) is 0 Å². The molecule has 2 aromatic heterocycles. The fourth-order valence-corrected chi connectivity index (χ4v) is 3.22. The highest BCUT2D eigenvalue weighted by molar-refractivity contribution is 7.90. The Hall–Kier alpha value is -1.40. The van der Waals surface area contributed by atoms with Crippen LogP contribution in [0.15, 0.2) is 34.7 Å². The Bertz CT molecular complexity index is 648. The van der Waals surface area contributed by atoms with Gasteiger partial charge in [0.2, 0.25) is 0 Å². The molecule has 96 valence electrons. The van der Waals surface area contributed by atoms with E-state index in [9.17, 15) is 8.42 Å². The first-order valence-corrected chi connectivity index (χ1v) is 8.17. The highest BCUT2D eigenvalue weighted by atomic mass is 32.2. The molecule has 0 fully saturated rings. The molecule has 0 aliphatic carbocycles. The minimum atomic E-state index is -3.26. The summed E-state index contributed by atoms with van der Waals surface area (Å²) < 4.78 is 23.2. The molecule has 0 spiro atoms. The van der Waals surface area contributed by atoms with Gasteiger partial charge >= 0.3 is 0 Å². The van der Waals surface area contributed by atoms with Gasteiger partial charge in [0.1, 0.15) is 10.7 Å². The van der Waals surface area contributed by atoms with Crippen molar-refractivity contribution in [1.29, 1.82) is 0 Å². The smallest absolute Gasteiger partial charge is 0.179 e. The third-order valence-electron chi connectivity index (χ3n) is 2.55. The van der Waals surface area contributed by atoms with Gasteiger partial charge in [-0.05, 0) is 36.1 Å². The lowest BCUT2D eigenvalue weighted by molar-refractivity contribution is 0.602. The lowest BCUT2D eigenvalue weighted by atomic mass is 10.3. The molecule has 2 rings (SSSR count). The third-order valence-corrected chi connectivity index (χ3v) is 4.71. The molecule has 0 unspecified atom stereocenters. The largest absolute Gasteiger partial charge is 0.364 e. The number of hydrogen-bond acceptors (Lipinski definition) is 5. The standard InChI is InChI=1S/C12H14N2O2S2/c1-9-5-7-17-10(9)8-14-12-11(18(2,15)16)4-3-6-13-12/h3-7H,8H2,1-2H3,(H,13,14). The van der Waals surface area contributed by atoms with Gasteiger partial charge in [-0.1, -0.05) is 0 Å². The number of aryl methyl sites for hydroxylation is 1. The molecule has 2 aromatic rings. The SMILES string of the molecule is Cc1ccsc1CNc1ncccc1S(C)(=O)=O. The van der Waals surface area contributed by atoms with E-state index in [4.69, 9.17) is 0 Å². The average molecular weight is 282 g/mol. The molecule has 0 aliphatic rings. The lowest BCUT2D eigenvalue weighted by Crippen LogP contribution is -2.07. The van der Waals surface area contributed by atoms with E-state index < -0.39 is 9.84 Å². The monoisotopic (exact) mass is 282 g/mol. The fourth-order valence-electron chi connectivity index (χ4n) is 1.57. The summed E-state index contributed by atoms with van der Waals surface area (Å²) in [6.45, 7) is 2.62. The summed E-state index contributed by atoms with van der Waals surface area (Å²) >= 11 is 1.64. The van der Waals surface area contributed by atoms with E-state index in [1.807, 2.05) is 18.4 Å². The minimum absolute atomic E-state index is 0.235. The van der Waals surface area contributed by atoms with Gasteiger partial charge < -0.3 is 5.32 Å². The Balaban J connectivity index is 2.23. The molecule has 0 bridgehead atoms. The van der Waals surface area contributed by atoms with Crippen LogP contribution in [0.3, 0.4) is 0 Å². The van der Waals surface area contributed by atoms with Crippen molar-refractivity contribution in [2.75, 3.05) is 11.6 Å². The Labute approximate surface area is 111 Å². The lowest BCUT2D eigenvalue weighted by Gasteiger charge is -2.09. The second-order valence-corrected chi connectivity index (χ2v) is 6.99. The van der Waals surface area contributed by atoms with Crippen molar-refractivity contribution in [3.63, 3.8) is 0 Å². The molecule has 0 saturated heterocycles. The highest BCUT2D eigenvalue weighted by Crippen LogP contribution is 2.21. The summed E-state index contributed by atoms with van der Waals surface area (Å²) in [6, 6.07) is 5.22. The zero-order valence-electron chi connectivity index (χ0n) is 10.2. The number of rotatable bonds is 4. The predicted molar refractivity (Wildman–Crippen MR) is 73.7 cm³/mol. The number of anilines is 1. The van der Waals surface area contributed by atoms with Crippen molar-refractivity contribution in [3.05, 3.63) is 40.2 Å². The fraction of sp³-hybridized carbons (Fsp3) is 0.250. The molecule has 0 atom stereocenters. The molecule has 2 heterocycles. The van der Waals surface area contributed by atoms with E-state index in [0.29, 0.717) is 12.4 Å². The molecule has 0 aromatic carbocycles. The summed E-state index contributed by atoms with van der Waals surface area (Å²) in [4.78, 5) is 5.50. The molecular weight excluding hydrogens is 268 g/mol. The summed E-state index contributed by atoms with van der Waals surface area (Å²) in [7, 11) is -3.26. The van der Waals surface area contributed by atoms with E-state index in [1.54, 1.807) is 29.7 Å². The summed E-state index contributed by atoms with van der Waals surface area (Å²) in [6.07, 6.45) is 2.77. The molecule has 18 heavy (non-hydrogen) atoms. The molecule has 0 radical (unpaired) electrons. The molecule has 0 aliphatic heterocycles. The molecule has 1 N–H and O–H groups in total. The summed E-state index contributed by atoms with van der Waals surface area (Å²) in [5.41, 5.74) is 1.20. The maximum atomic E-state index is 11.6. The van der Waals surface area contributed by atoms with E-state index >= 15 is 0 Å². The van der Waals surface area contributed by atoms with Crippen LogP contribution in [-0.4, -0.2) is 19.7 Å². The first-order valence-electron chi connectivity index (χ1n) is 5.40. The van der Waals surface area contributed by atoms with Gasteiger partial charge in [0.05, 0.1) is 6.54 Å². The van der Waals surface area contributed by atoms with Gasteiger partial charge in [-0.2, -0.15) is 0 Å². The molecule has 0 amide bonds. The van der Waals surface area contributed by atoms with Gasteiger partial charge in [-0.25, -0.2) is 13.4 Å².